The van der Waals surface area contributed by atoms with E-state index in [0.29, 0.717) is 11.1 Å². The van der Waals surface area contributed by atoms with Crippen LogP contribution in [-0.4, -0.2) is 51.7 Å². The Morgan fingerprint density at radius 2 is 2.00 bits per heavy atom. The Hall–Kier alpha value is -2.65. The van der Waals surface area contributed by atoms with Crippen LogP contribution >= 0.6 is 0 Å². The maximum Gasteiger partial charge on any atom is 0.257 e. The first-order chi connectivity index (χ1) is 12.1. The summed E-state index contributed by atoms with van der Waals surface area (Å²) in [5, 5.41) is 12.9. The third kappa shape index (κ3) is 4.06. The van der Waals surface area contributed by atoms with Crippen molar-refractivity contribution >= 4 is 5.91 Å². The van der Waals surface area contributed by atoms with E-state index >= 15 is 0 Å². The van der Waals surface area contributed by atoms with Crippen molar-refractivity contribution < 1.29 is 4.79 Å². The Bertz CT molecular complexity index is 766. The molecule has 0 saturated carbocycles. The number of rotatable bonds is 4. The zero-order valence-corrected chi connectivity index (χ0v) is 14.7. The van der Waals surface area contributed by atoms with Crippen LogP contribution in [0.5, 0.6) is 0 Å². The Morgan fingerprint density at radius 3 is 2.56 bits per heavy atom. The highest BCUT2D eigenvalue weighted by molar-refractivity contribution is 5.93. The first kappa shape index (κ1) is 17.2. The van der Waals surface area contributed by atoms with Crippen molar-refractivity contribution in [3.05, 3.63) is 53.3 Å². The maximum absolute atomic E-state index is 12.5. The highest BCUT2D eigenvalue weighted by Crippen LogP contribution is 2.19. The van der Waals surface area contributed by atoms with Gasteiger partial charge in [0, 0.05) is 46.0 Å². The van der Waals surface area contributed by atoms with Gasteiger partial charge in [-0.25, -0.2) is 0 Å². The number of hydrogen-bond acceptors (Lipinski definition) is 4. The quantitative estimate of drug-likeness (QED) is 0.856. The first-order valence-electron chi connectivity index (χ1n) is 8.54. The second-order valence-electron chi connectivity index (χ2n) is 6.63. The van der Waals surface area contributed by atoms with Gasteiger partial charge in [-0.1, -0.05) is 12.1 Å². The average Bonchev–Trinajstić information content (AvgIpc) is 3.08. The van der Waals surface area contributed by atoms with Gasteiger partial charge in [-0.3, -0.25) is 14.4 Å². The molecule has 0 bridgehead atoms. The van der Waals surface area contributed by atoms with E-state index in [1.165, 1.54) is 5.56 Å². The minimum absolute atomic E-state index is 0.0404. The van der Waals surface area contributed by atoms with Gasteiger partial charge in [-0.05, 0) is 30.5 Å². The zero-order chi connectivity index (χ0) is 17.8. The number of carbonyl (C=O) groups excluding carboxylic acids is 1. The summed E-state index contributed by atoms with van der Waals surface area (Å²) in [5.41, 5.74) is 2.56. The molecule has 0 aliphatic carbocycles. The number of benzene rings is 1. The van der Waals surface area contributed by atoms with Crippen LogP contribution in [0.4, 0.5) is 0 Å². The Kier molecular flexibility index (Phi) is 5.15. The number of aryl methyl sites for hydroxylation is 1. The predicted octanol–water partition coefficient (Wildman–Crippen LogP) is 2.03. The molecule has 3 rings (SSSR count). The van der Waals surface area contributed by atoms with E-state index in [-0.39, 0.29) is 11.9 Å². The fourth-order valence-electron chi connectivity index (χ4n) is 3.31. The second kappa shape index (κ2) is 7.49. The third-order valence-electron chi connectivity index (χ3n) is 4.87. The molecule has 0 spiro atoms. The molecule has 2 aromatic rings. The fraction of sp³-hybridized carbons (Fsp3) is 0.421. The van der Waals surface area contributed by atoms with E-state index in [2.05, 4.69) is 16.1 Å². The monoisotopic (exact) mass is 337 g/mol. The van der Waals surface area contributed by atoms with Gasteiger partial charge in [0.2, 0.25) is 0 Å². The fourth-order valence-corrected chi connectivity index (χ4v) is 3.31. The van der Waals surface area contributed by atoms with Gasteiger partial charge in [0.1, 0.15) is 0 Å². The molecule has 0 radical (unpaired) electrons. The molecule has 1 aliphatic heterocycles. The Morgan fingerprint density at radius 1 is 1.32 bits per heavy atom. The number of nitriles is 1. The van der Waals surface area contributed by atoms with E-state index in [0.717, 1.165) is 32.5 Å². The van der Waals surface area contributed by atoms with Gasteiger partial charge in [-0.15, -0.1) is 0 Å². The molecule has 2 heterocycles. The number of likely N-dealkylation sites (tertiary alicyclic amines) is 1. The number of piperidine rings is 1. The normalized spacial score (nSPS) is 15.7. The van der Waals surface area contributed by atoms with E-state index < -0.39 is 0 Å². The summed E-state index contributed by atoms with van der Waals surface area (Å²) in [4.78, 5) is 16.8. The summed E-state index contributed by atoms with van der Waals surface area (Å²) in [6, 6.07) is 10.2. The van der Waals surface area contributed by atoms with Crippen molar-refractivity contribution in [3.63, 3.8) is 0 Å². The van der Waals surface area contributed by atoms with Crippen molar-refractivity contribution in [1.82, 2.24) is 19.6 Å². The van der Waals surface area contributed by atoms with Crippen molar-refractivity contribution in [2.45, 2.75) is 25.4 Å². The van der Waals surface area contributed by atoms with Gasteiger partial charge in [0.15, 0.2) is 0 Å². The lowest BCUT2D eigenvalue weighted by molar-refractivity contribution is 0.0636. The summed E-state index contributed by atoms with van der Waals surface area (Å²) >= 11 is 0. The molecular weight excluding hydrogens is 314 g/mol. The molecule has 1 amide bonds. The Balaban J connectivity index is 1.52. The largest absolute Gasteiger partial charge is 0.339 e. The van der Waals surface area contributed by atoms with E-state index in [4.69, 9.17) is 5.26 Å². The van der Waals surface area contributed by atoms with Crippen LogP contribution in [0.2, 0.25) is 0 Å². The Labute approximate surface area is 148 Å². The van der Waals surface area contributed by atoms with Crippen LogP contribution in [0, 0.1) is 11.3 Å². The number of aromatic nitrogens is 2. The van der Waals surface area contributed by atoms with Crippen molar-refractivity contribution in [2.24, 2.45) is 7.05 Å². The summed E-state index contributed by atoms with van der Waals surface area (Å²) in [5.74, 6) is 0.0404. The molecule has 1 aromatic carbocycles. The van der Waals surface area contributed by atoms with E-state index in [1.54, 1.807) is 17.1 Å². The highest BCUT2D eigenvalue weighted by atomic mass is 16.2. The van der Waals surface area contributed by atoms with Gasteiger partial charge >= 0.3 is 0 Å². The van der Waals surface area contributed by atoms with Crippen LogP contribution in [0.1, 0.15) is 34.3 Å². The standard InChI is InChI=1S/C19H23N5O/c1-22-14-17(12-21-22)19(25)23(2)18-7-9-24(10-8-18)13-16-5-3-15(11-20)4-6-16/h3-6,12,14,18H,7-10,13H2,1-2H3. The summed E-state index contributed by atoms with van der Waals surface area (Å²) in [6.07, 6.45) is 5.33. The predicted molar refractivity (Wildman–Crippen MR) is 94.8 cm³/mol. The number of amides is 1. The number of carbonyl (C=O) groups is 1. The molecule has 1 saturated heterocycles. The molecule has 1 fully saturated rings. The lowest BCUT2D eigenvalue weighted by Gasteiger charge is -2.36. The summed E-state index contributed by atoms with van der Waals surface area (Å²) < 4.78 is 1.65. The highest BCUT2D eigenvalue weighted by Gasteiger charge is 2.26. The van der Waals surface area contributed by atoms with Crippen LogP contribution in [0.3, 0.4) is 0 Å². The van der Waals surface area contributed by atoms with Crippen LogP contribution in [0.15, 0.2) is 36.7 Å². The van der Waals surface area contributed by atoms with Gasteiger partial charge in [0.05, 0.1) is 23.4 Å². The lowest BCUT2D eigenvalue weighted by atomic mass is 10.0. The molecule has 6 heteroatoms. The topological polar surface area (TPSA) is 65.2 Å². The minimum Gasteiger partial charge on any atom is -0.339 e. The first-order valence-corrected chi connectivity index (χ1v) is 8.54. The third-order valence-corrected chi connectivity index (χ3v) is 4.87. The summed E-state index contributed by atoms with van der Waals surface area (Å²) in [6.45, 7) is 2.82. The summed E-state index contributed by atoms with van der Waals surface area (Å²) in [7, 11) is 3.70. The molecule has 6 nitrogen and oxygen atoms in total. The second-order valence-corrected chi connectivity index (χ2v) is 6.63. The number of nitrogens with zero attached hydrogens (tertiary/aromatic N) is 5. The molecule has 1 aliphatic rings. The van der Waals surface area contributed by atoms with Crippen molar-refractivity contribution in [2.75, 3.05) is 20.1 Å². The van der Waals surface area contributed by atoms with Crippen LogP contribution in [0.25, 0.3) is 0 Å². The van der Waals surface area contributed by atoms with Crippen molar-refractivity contribution in [1.29, 1.82) is 5.26 Å². The van der Waals surface area contributed by atoms with Gasteiger partial charge < -0.3 is 4.90 Å². The molecule has 0 N–H and O–H groups in total. The SMILES string of the molecule is CN(C(=O)c1cnn(C)c1)C1CCN(Cc2ccc(C#N)cc2)CC1. The molecular formula is C19H23N5O. The molecule has 0 atom stereocenters. The zero-order valence-electron chi connectivity index (χ0n) is 14.7. The molecule has 130 valence electrons. The van der Waals surface area contributed by atoms with E-state index in [9.17, 15) is 4.79 Å². The van der Waals surface area contributed by atoms with E-state index in [1.807, 2.05) is 43.3 Å². The van der Waals surface area contributed by atoms with Gasteiger partial charge in [-0.2, -0.15) is 10.4 Å². The average molecular weight is 337 g/mol. The minimum atomic E-state index is 0.0404. The van der Waals surface area contributed by atoms with Crippen LogP contribution < -0.4 is 0 Å². The smallest absolute Gasteiger partial charge is 0.257 e. The van der Waals surface area contributed by atoms with Gasteiger partial charge in [0.25, 0.3) is 5.91 Å². The van der Waals surface area contributed by atoms with Crippen molar-refractivity contribution in [3.8, 4) is 6.07 Å². The molecule has 1 aromatic heterocycles. The lowest BCUT2D eigenvalue weighted by Crippen LogP contribution is -2.45. The van der Waals surface area contributed by atoms with Crippen LogP contribution in [-0.2, 0) is 13.6 Å². The maximum atomic E-state index is 12.5. The molecule has 25 heavy (non-hydrogen) atoms. The molecule has 0 unspecified atom stereocenters. The number of hydrogen-bond donors (Lipinski definition) is 0.